The van der Waals surface area contributed by atoms with E-state index in [1.54, 1.807) is 20.8 Å². The Bertz CT molecular complexity index is 548. The van der Waals surface area contributed by atoms with Gasteiger partial charge in [0, 0.05) is 11.6 Å². The predicted octanol–water partition coefficient (Wildman–Crippen LogP) is 2.18. The molecule has 0 bridgehead atoms. The van der Waals surface area contributed by atoms with Crippen LogP contribution in [-0.2, 0) is 11.0 Å². The fourth-order valence-electron chi connectivity index (χ4n) is 1.22. The van der Waals surface area contributed by atoms with Crippen molar-refractivity contribution in [3.8, 4) is 0 Å². The average Bonchev–Trinajstić information content (AvgIpc) is 2.25. The summed E-state index contributed by atoms with van der Waals surface area (Å²) >= 11 is 0. The number of amides is 2. The number of rotatable bonds is 2. The number of anilines is 1. The van der Waals surface area contributed by atoms with Gasteiger partial charge in [0.05, 0.1) is 11.3 Å². The third-order valence-electron chi connectivity index (χ3n) is 2.38. The molecule has 1 heterocycles. The Morgan fingerprint density at radius 3 is 2.20 bits per heavy atom. The first kappa shape index (κ1) is 15.9. The monoisotopic (exact) mass is 289 g/mol. The fourth-order valence-corrected chi connectivity index (χ4v) is 1.22. The van der Waals surface area contributed by atoms with E-state index >= 15 is 0 Å². The minimum absolute atomic E-state index is 0.354. The zero-order chi connectivity index (χ0) is 15.7. The summed E-state index contributed by atoms with van der Waals surface area (Å²) in [7, 11) is 0. The second-order valence-corrected chi connectivity index (χ2v) is 5.19. The van der Waals surface area contributed by atoms with Gasteiger partial charge in [0.2, 0.25) is 5.91 Å². The smallest absolute Gasteiger partial charge is 0.364 e. The van der Waals surface area contributed by atoms with Gasteiger partial charge in [-0.2, -0.15) is 13.2 Å². The quantitative estimate of drug-likeness (QED) is 0.875. The zero-order valence-corrected chi connectivity index (χ0v) is 11.1. The maximum Gasteiger partial charge on any atom is 0.417 e. The molecule has 1 aromatic heterocycles. The van der Waals surface area contributed by atoms with Crippen LogP contribution in [0.4, 0.5) is 18.9 Å². The van der Waals surface area contributed by atoms with Crippen LogP contribution >= 0.6 is 0 Å². The Labute approximate surface area is 113 Å². The standard InChI is InChI=1S/C12H14F3N3O2/c1-11(2,3)10(20)18-7-4-6(12(13,14)15)5-17-8(7)9(16)19/h4-5H,1-3H3,(H2,16,19)(H,18,20). The number of carbonyl (C=O) groups excluding carboxylic acids is 2. The fraction of sp³-hybridized carbons (Fsp3) is 0.417. The molecular weight excluding hydrogens is 275 g/mol. The molecule has 0 atom stereocenters. The lowest BCUT2D eigenvalue weighted by molar-refractivity contribution is -0.137. The van der Waals surface area contributed by atoms with Crippen LogP contribution in [0.25, 0.3) is 0 Å². The number of aromatic nitrogens is 1. The van der Waals surface area contributed by atoms with E-state index in [1.165, 1.54) is 0 Å². The highest BCUT2D eigenvalue weighted by atomic mass is 19.4. The number of nitrogens with one attached hydrogen (secondary N) is 1. The van der Waals surface area contributed by atoms with Crippen LogP contribution in [0.15, 0.2) is 12.3 Å². The summed E-state index contributed by atoms with van der Waals surface area (Å²) in [6.07, 6.45) is -4.14. The number of carbonyl (C=O) groups is 2. The van der Waals surface area contributed by atoms with Crippen LogP contribution in [-0.4, -0.2) is 16.8 Å². The molecule has 0 radical (unpaired) electrons. The first-order valence-corrected chi connectivity index (χ1v) is 5.61. The van der Waals surface area contributed by atoms with E-state index in [9.17, 15) is 22.8 Å². The molecule has 5 nitrogen and oxygen atoms in total. The molecule has 0 aliphatic heterocycles. The molecule has 3 N–H and O–H groups in total. The van der Waals surface area contributed by atoms with Gasteiger partial charge in [-0.05, 0) is 6.07 Å². The van der Waals surface area contributed by atoms with Gasteiger partial charge >= 0.3 is 6.18 Å². The number of pyridine rings is 1. The summed E-state index contributed by atoms with van der Waals surface area (Å²) in [5.41, 5.74) is 2.33. The molecule has 0 aromatic carbocycles. The molecule has 0 fully saturated rings. The molecule has 0 aliphatic carbocycles. The second kappa shape index (κ2) is 5.10. The molecule has 1 aromatic rings. The van der Waals surface area contributed by atoms with Crippen molar-refractivity contribution < 1.29 is 22.8 Å². The lowest BCUT2D eigenvalue weighted by Crippen LogP contribution is -2.29. The average molecular weight is 289 g/mol. The summed E-state index contributed by atoms with van der Waals surface area (Å²) in [5, 5.41) is 2.24. The van der Waals surface area contributed by atoms with Gasteiger partial charge in [-0.3, -0.25) is 9.59 Å². The Kier molecular flexibility index (Phi) is 4.07. The van der Waals surface area contributed by atoms with E-state index < -0.39 is 34.7 Å². The topological polar surface area (TPSA) is 85.1 Å². The van der Waals surface area contributed by atoms with E-state index in [0.717, 1.165) is 0 Å². The van der Waals surface area contributed by atoms with Crippen LogP contribution in [0.1, 0.15) is 36.8 Å². The summed E-state index contributed by atoms with van der Waals surface area (Å²) in [5.74, 6) is -1.58. The molecular formula is C12H14F3N3O2. The molecule has 2 amide bonds. The summed E-state index contributed by atoms with van der Waals surface area (Å²) in [4.78, 5) is 26.3. The predicted molar refractivity (Wildman–Crippen MR) is 65.8 cm³/mol. The lowest BCUT2D eigenvalue weighted by atomic mass is 9.95. The number of nitrogens with zero attached hydrogens (tertiary/aromatic N) is 1. The summed E-state index contributed by atoms with van der Waals surface area (Å²) in [6, 6.07) is 0.636. The zero-order valence-electron chi connectivity index (χ0n) is 11.1. The first-order valence-electron chi connectivity index (χ1n) is 5.61. The van der Waals surface area contributed by atoms with E-state index in [0.29, 0.717) is 12.3 Å². The molecule has 20 heavy (non-hydrogen) atoms. The van der Waals surface area contributed by atoms with Crippen molar-refractivity contribution in [3.63, 3.8) is 0 Å². The highest BCUT2D eigenvalue weighted by Crippen LogP contribution is 2.31. The highest BCUT2D eigenvalue weighted by Gasteiger charge is 2.33. The van der Waals surface area contributed by atoms with Crippen molar-refractivity contribution >= 4 is 17.5 Å². The van der Waals surface area contributed by atoms with Gasteiger partial charge in [-0.1, -0.05) is 20.8 Å². The molecule has 8 heteroatoms. The van der Waals surface area contributed by atoms with E-state index in [1.807, 2.05) is 0 Å². The van der Waals surface area contributed by atoms with Gasteiger partial charge in [0.1, 0.15) is 0 Å². The molecule has 0 aliphatic rings. The number of hydrogen-bond acceptors (Lipinski definition) is 3. The van der Waals surface area contributed by atoms with Crippen LogP contribution in [0.3, 0.4) is 0 Å². The largest absolute Gasteiger partial charge is 0.417 e. The van der Waals surface area contributed by atoms with E-state index in [4.69, 9.17) is 5.73 Å². The van der Waals surface area contributed by atoms with Gasteiger partial charge in [0.15, 0.2) is 5.69 Å². The van der Waals surface area contributed by atoms with Crippen molar-refractivity contribution in [1.29, 1.82) is 0 Å². The van der Waals surface area contributed by atoms with Crippen LogP contribution in [0.5, 0.6) is 0 Å². The van der Waals surface area contributed by atoms with Crippen LogP contribution < -0.4 is 11.1 Å². The molecule has 110 valence electrons. The van der Waals surface area contributed by atoms with Crippen LogP contribution in [0, 0.1) is 5.41 Å². The van der Waals surface area contributed by atoms with Gasteiger partial charge < -0.3 is 11.1 Å². The minimum atomic E-state index is -4.63. The molecule has 0 spiro atoms. The molecule has 0 saturated heterocycles. The number of nitrogens with two attached hydrogens (primary N) is 1. The highest BCUT2D eigenvalue weighted by molar-refractivity contribution is 6.02. The third-order valence-corrected chi connectivity index (χ3v) is 2.38. The number of primary amides is 1. The van der Waals surface area contributed by atoms with Crippen LogP contribution in [0.2, 0.25) is 0 Å². The Morgan fingerprint density at radius 1 is 1.25 bits per heavy atom. The third kappa shape index (κ3) is 3.69. The van der Waals surface area contributed by atoms with E-state index in [2.05, 4.69) is 10.3 Å². The van der Waals surface area contributed by atoms with Crippen molar-refractivity contribution in [2.24, 2.45) is 11.1 Å². The normalized spacial score (nSPS) is 12.1. The van der Waals surface area contributed by atoms with Gasteiger partial charge in [-0.15, -0.1) is 0 Å². The lowest BCUT2D eigenvalue weighted by Gasteiger charge is -2.19. The summed E-state index contributed by atoms with van der Waals surface area (Å²) < 4.78 is 37.8. The molecule has 0 unspecified atom stereocenters. The number of hydrogen-bond donors (Lipinski definition) is 2. The minimum Gasteiger partial charge on any atom is -0.364 e. The van der Waals surface area contributed by atoms with Gasteiger partial charge in [-0.25, -0.2) is 4.98 Å². The number of alkyl halides is 3. The maximum atomic E-state index is 12.6. The Balaban J connectivity index is 3.27. The summed E-state index contributed by atoms with van der Waals surface area (Å²) in [6.45, 7) is 4.73. The van der Waals surface area contributed by atoms with Crippen molar-refractivity contribution in [1.82, 2.24) is 4.98 Å². The molecule has 1 rings (SSSR count). The van der Waals surface area contributed by atoms with Crippen molar-refractivity contribution in [2.75, 3.05) is 5.32 Å². The second-order valence-electron chi connectivity index (χ2n) is 5.19. The first-order chi connectivity index (χ1) is 8.93. The number of halogens is 3. The van der Waals surface area contributed by atoms with Crippen molar-refractivity contribution in [2.45, 2.75) is 26.9 Å². The van der Waals surface area contributed by atoms with E-state index in [-0.39, 0.29) is 5.69 Å². The SMILES string of the molecule is CC(C)(C)C(=O)Nc1cc(C(F)(F)F)cnc1C(N)=O. The molecule has 0 saturated carbocycles. The Hall–Kier alpha value is -2.12. The van der Waals surface area contributed by atoms with Gasteiger partial charge in [0.25, 0.3) is 5.91 Å². The van der Waals surface area contributed by atoms with Crippen molar-refractivity contribution in [3.05, 3.63) is 23.5 Å². The Morgan fingerprint density at radius 2 is 1.80 bits per heavy atom. The maximum absolute atomic E-state index is 12.6.